The van der Waals surface area contributed by atoms with Crippen LogP contribution in [0.3, 0.4) is 0 Å². The molecule has 0 aromatic rings. The van der Waals surface area contributed by atoms with Crippen LogP contribution in [0.25, 0.3) is 0 Å². The van der Waals surface area contributed by atoms with Crippen molar-refractivity contribution in [3.8, 4) is 0 Å². The molecule has 0 rings (SSSR count). The summed E-state index contributed by atoms with van der Waals surface area (Å²) in [5.41, 5.74) is 5.48. The Morgan fingerprint density at radius 3 is 2.57 bits per heavy atom. The second kappa shape index (κ2) is 4.32. The molecule has 0 radical (unpaired) electrons. The Labute approximate surface area is 47.9 Å². The summed E-state index contributed by atoms with van der Waals surface area (Å²) in [7, 11) is 4.72. The maximum Gasteiger partial charge on any atom is 0.0799 e. The van der Waals surface area contributed by atoms with Gasteiger partial charge in [0.2, 0.25) is 0 Å². The largest absolute Gasteiger partial charge is 0.329 e. The Balaban J connectivity index is 2.68. The first-order chi connectivity index (χ1) is 3.27. The van der Waals surface area contributed by atoms with Crippen molar-refractivity contribution < 1.29 is 0 Å². The third kappa shape index (κ3) is 6.15. The maximum atomic E-state index is 5.48. The third-order valence-electron chi connectivity index (χ3n) is 1.01. The molecule has 4 heteroatoms. The molecule has 38 valence electrons. The van der Waals surface area contributed by atoms with Crippen LogP contribution in [0.4, 0.5) is 0 Å². The van der Waals surface area contributed by atoms with Crippen LogP contribution in [0.5, 0.6) is 0 Å². The fraction of sp³-hybridized carbons (Fsp3) is 1.00. The summed E-state index contributed by atoms with van der Waals surface area (Å²) in [5.74, 6) is 0. The van der Waals surface area contributed by atoms with Crippen molar-refractivity contribution in [3.63, 3.8) is 0 Å². The molecule has 0 amide bonds. The van der Waals surface area contributed by atoms with Gasteiger partial charge in [0.05, 0.1) is 22.0 Å². The zero-order valence-electron chi connectivity index (χ0n) is 5.28. The second-order valence-corrected chi connectivity index (χ2v) is 2.12. The Morgan fingerprint density at radius 2 is 2.43 bits per heavy atom. The van der Waals surface area contributed by atoms with Gasteiger partial charge in [-0.05, 0) is 6.04 Å². The third-order valence-corrected chi connectivity index (χ3v) is 1.01. The molecule has 0 aliphatic heterocycles. The zero-order valence-corrected chi connectivity index (χ0v) is 5.28. The van der Waals surface area contributed by atoms with Crippen LogP contribution in [0.2, 0.25) is 6.32 Å². The molecular weight excluding hydrogens is 82.5 g/mol. The monoisotopic (exact) mass is 95.1 g/mol. The Bertz CT molecular complexity index is 39.2. The predicted molar refractivity (Wildman–Crippen MR) is 41.3 cm³/mol. The van der Waals surface area contributed by atoms with E-state index in [0.717, 1.165) is 0 Å². The average molecular weight is 94.6 g/mol. The first-order valence-corrected chi connectivity index (χ1v) is 3.03. The highest BCUT2D eigenvalue weighted by atomic mass is 14.6. The molecule has 1 atom stereocenters. The van der Waals surface area contributed by atoms with Crippen molar-refractivity contribution in [2.24, 2.45) is 5.73 Å². The summed E-state index contributed by atoms with van der Waals surface area (Å²) in [6, 6.07) is 0.403. The lowest BCUT2D eigenvalue weighted by Crippen LogP contribution is -2.19. The molecule has 0 aromatic heterocycles. The van der Waals surface area contributed by atoms with Gasteiger partial charge >= 0.3 is 0 Å². The van der Waals surface area contributed by atoms with Crippen molar-refractivity contribution >= 4 is 22.0 Å². The SMILES string of the molecule is BBBCC(C)N. The van der Waals surface area contributed by atoms with Gasteiger partial charge in [0.25, 0.3) is 0 Å². The van der Waals surface area contributed by atoms with Crippen molar-refractivity contribution in [2.45, 2.75) is 19.3 Å². The fourth-order valence-electron chi connectivity index (χ4n) is 0.526. The summed E-state index contributed by atoms with van der Waals surface area (Å²) in [5, 5.41) is 0. The Kier molecular flexibility index (Phi) is 4.41. The van der Waals surface area contributed by atoms with Crippen LogP contribution in [-0.4, -0.2) is 28.0 Å². The molecule has 0 saturated heterocycles. The number of hydrogen-bond acceptors (Lipinski definition) is 1. The van der Waals surface area contributed by atoms with Gasteiger partial charge < -0.3 is 5.73 Å². The summed E-state index contributed by atoms with van der Waals surface area (Å²) in [6.45, 7) is 2.05. The number of rotatable bonds is 3. The highest BCUT2D eigenvalue weighted by Gasteiger charge is 1.91. The molecule has 1 unspecified atom stereocenters. The van der Waals surface area contributed by atoms with Crippen LogP contribution in [0.1, 0.15) is 6.92 Å². The number of nitrogens with two attached hydrogens (primary N) is 1. The minimum absolute atomic E-state index is 0.403. The number of hydrogen-bond donors (Lipinski definition) is 1. The van der Waals surface area contributed by atoms with E-state index >= 15 is 0 Å². The van der Waals surface area contributed by atoms with Crippen LogP contribution in [-0.2, 0) is 0 Å². The van der Waals surface area contributed by atoms with E-state index in [1.807, 2.05) is 0 Å². The fourth-order valence-corrected chi connectivity index (χ4v) is 0.526. The summed E-state index contributed by atoms with van der Waals surface area (Å²) >= 11 is 0. The van der Waals surface area contributed by atoms with Crippen molar-refractivity contribution in [1.82, 2.24) is 0 Å². The molecule has 0 heterocycles. The van der Waals surface area contributed by atoms with Gasteiger partial charge in [0, 0.05) is 0 Å². The van der Waals surface area contributed by atoms with Gasteiger partial charge in [-0.2, -0.15) is 0 Å². The normalized spacial score (nSPS) is 12.9. The van der Waals surface area contributed by atoms with Crippen LogP contribution < -0.4 is 5.73 Å². The van der Waals surface area contributed by atoms with Crippen LogP contribution in [0.15, 0.2) is 0 Å². The molecule has 0 bridgehead atoms. The lowest BCUT2D eigenvalue weighted by Gasteiger charge is -1.97. The first kappa shape index (κ1) is 7.15. The summed E-state index contributed by atoms with van der Waals surface area (Å²) in [6.07, 6.45) is 1.18. The second-order valence-electron chi connectivity index (χ2n) is 2.12. The Morgan fingerprint density at radius 1 is 1.86 bits per heavy atom. The standard InChI is InChI=1S/C3H12B3N/c1-3(7)2-5-6-4/h3,5-6H,2,4,7H2,1H3. The molecule has 0 saturated carbocycles. The van der Waals surface area contributed by atoms with E-state index in [4.69, 9.17) is 5.73 Å². The van der Waals surface area contributed by atoms with E-state index in [2.05, 4.69) is 14.7 Å². The quantitative estimate of drug-likeness (QED) is 0.406. The highest BCUT2D eigenvalue weighted by Crippen LogP contribution is 1.80. The zero-order chi connectivity index (χ0) is 5.70. The predicted octanol–water partition coefficient (Wildman–Crippen LogP) is -1.91. The smallest absolute Gasteiger partial charge is 0.0799 e. The molecule has 0 fully saturated rings. The highest BCUT2D eigenvalue weighted by molar-refractivity contribution is 7.23. The van der Waals surface area contributed by atoms with Crippen LogP contribution in [0, 0.1) is 0 Å². The minimum atomic E-state index is 0.403. The average Bonchev–Trinajstić information content (AvgIpc) is 1.61. The Hall–Kier alpha value is 0.155. The van der Waals surface area contributed by atoms with Crippen LogP contribution >= 0.6 is 0 Å². The van der Waals surface area contributed by atoms with Crippen molar-refractivity contribution in [1.29, 1.82) is 0 Å². The van der Waals surface area contributed by atoms with E-state index in [-0.39, 0.29) is 0 Å². The van der Waals surface area contributed by atoms with E-state index in [1.165, 1.54) is 20.6 Å². The molecule has 0 aromatic carbocycles. The van der Waals surface area contributed by atoms with E-state index in [0.29, 0.717) is 6.04 Å². The van der Waals surface area contributed by atoms with E-state index < -0.39 is 0 Å². The van der Waals surface area contributed by atoms with Gasteiger partial charge in [-0.25, -0.2) is 0 Å². The summed E-state index contributed by atoms with van der Waals surface area (Å²) in [4.78, 5) is 0. The topological polar surface area (TPSA) is 26.0 Å². The maximum absolute atomic E-state index is 5.48. The van der Waals surface area contributed by atoms with Gasteiger partial charge in [-0.15, -0.1) is 0 Å². The minimum Gasteiger partial charge on any atom is -0.329 e. The van der Waals surface area contributed by atoms with E-state index in [9.17, 15) is 0 Å². The molecular formula is C3H12B3N. The van der Waals surface area contributed by atoms with E-state index in [1.54, 1.807) is 0 Å². The first-order valence-electron chi connectivity index (χ1n) is 3.03. The molecule has 7 heavy (non-hydrogen) atoms. The lowest BCUT2D eigenvalue weighted by molar-refractivity contribution is 0.831. The molecule has 0 aliphatic carbocycles. The van der Waals surface area contributed by atoms with Gasteiger partial charge in [0.1, 0.15) is 0 Å². The molecule has 0 spiro atoms. The van der Waals surface area contributed by atoms with Crippen molar-refractivity contribution in [2.75, 3.05) is 0 Å². The van der Waals surface area contributed by atoms with Gasteiger partial charge in [0.15, 0.2) is 0 Å². The van der Waals surface area contributed by atoms with Gasteiger partial charge in [-0.1, -0.05) is 13.2 Å². The van der Waals surface area contributed by atoms with Crippen molar-refractivity contribution in [3.05, 3.63) is 0 Å². The summed E-state index contributed by atoms with van der Waals surface area (Å²) < 4.78 is 0. The lowest BCUT2D eigenvalue weighted by atomic mass is 9.27. The molecule has 2 N–H and O–H groups in total. The molecule has 1 nitrogen and oxygen atoms in total. The molecule has 0 aliphatic rings. The van der Waals surface area contributed by atoms with Gasteiger partial charge in [-0.3, -0.25) is 0 Å².